The van der Waals surface area contributed by atoms with E-state index in [4.69, 9.17) is 14.2 Å². The Morgan fingerprint density at radius 2 is 1.68 bits per heavy atom. The van der Waals surface area contributed by atoms with Crippen LogP contribution in [0, 0.1) is 0 Å². The number of ketones is 1. The summed E-state index contributed by atoms with van der Waals surface area (Å²) in [5.74, 6) is 1.06. The van der Waals surface area contributed by atoms with Gasteiger partial charge in [0.15, 0.2) is 5.78 Å². The van der Waals surface area contributed by atoms with Gasteiger partial charge in [-0.1, -0.05) is 18.2 Å². The van der Waals surface area contributed by atoms with Gasteiger partial charge in [0, 0.05) is 73.5 Å². The standard InChI is InChI=1S/C34H50N6O7.C5H9NO.C3H6/c1-34(2,3)47-33(44)39-18-16-38(17-19-39)30-12-7-13-31(36-30)46-23-22-45-21-9-10-26-14-15-27(29(24-26)37(5)6)40(25-42)28(11-8-20-41)32(43)35-4;1-5(7)3-4-6-2;1-3-2/h7,12-15,20,24-25,28H,8-11,16-19,21-23H2,1-6H3,(H,35,43);3-4,6H,1-2H3;3H,1H2,2H3/b;4-3+;. The summed E-state index contributed by atoms with van der Waals surface area (Å²) in [5.41, 5.74) is 1.95. The third-order valence-corrected chi connectivity index (χ3v) is 8.04. The van der Waals surface area contributed by atoms with Gasteiger partial charge in [-0.2, -0.15) is 4.98 Å². The van der Waals surface area contributed by atoms with E-state index < -0.39 is 11.6 Å². The van der Waals surface area contributed by atoms with Gasteiger partial charge in [-0.3, -0.25) is 14.4 Å². The zero-order valence-corrected chi connectivity index (χ0v) is 35.4. The number of aromatic nitrogens is 1. The Hall–Kier alpha value is -5.44. The molecule has 2 N–H and O–H groups in total. The van der Waals surface area contributed by atoms with Crippen molar-refractivity contribution in [3.63, 3.8) is 0 Å². The number of aryl methyl sites for hydroxylation is 1. The van der Waals surface area contributed by atoms with Crippen molar-refractivity contribution < 1.29 is 38.2 Å². The lowest BCUT2D eigenvalue weighted by Gasteiger charge is -2.36. The van der Waals surface area contributed by atoms with Gasteiger partial charge >= 0.3 is 6.09 Å². The molecule has 0 bridgehead atoms. The third-order valence-electron chi connectivity index (χ3n) is 8.04. The number of rotatable bonds is 19. The first-order valence-electron chi connectivity index (χ1n) is 19.2. The molecule has 3 rings (SSSR count). The van der Waals surface area contributed by atoms with Crippen LogP contribution in [0.1, 0.15) is 59.4 Å². The minimum Gasteiger partial charge on any atom is -0.475 e. The second-order valence-electron chi connectivity index (χ2n) is 14.1. The maximum Gasteiger partial charge on any atom is 0.410 e. The number of anilines is 3. The highest BCUT2D eigenvalue weighted by molar-refractivity contribution is 5.95. The predicted molar refractivity (Wildman–Crippen MR) is 226 cm³/mol. The summed E-state index contributed by atoms with van der Waals surface area (Å²) in [6.45, 7) is 16.1. The fourth-order valence-electron chi connectivity index (χ4n) is 5.38. The summed E-state index contributed by atoms with van der Waals surface area (Å²) in [7, 11) is 7.02. The van der Waals surface area contributed by atoms with Crippen LogP contribution in [0.25, 0.3) is 0 Å². The number of amides is 3. The zero-order valence-electron chi connectivity index (χ0n) is 35.4. The highest BCUT2D eigenvalue weighted by Gasteiger charge is 2.28. The van der Waals surface area contributed by atoms with Crippen molar-refractivity contribution in [3.8, 4) is 5.88 Å². The Balaban J connectivity index is 0.00000144. The Kier molecular flexibility index (Phi) is 23.7. The van der Waals surface area contributed by atoms with Gasteiger partial charge in [-0.05, 0) is 89.9 Å². The van der Waals surface area contributed by atoms with Crippen LogP contribution in [0.5, 0.6) is 5.88 Å². The molecule has 316 valence electrons. The lowest BCUT2D eigenvalue weighted by atomic mass is 10.0. The Labute approximate surface area is 339 Å². The average Bonchev–Trinajstić information content (AvgIpc) is 3.18. The molecule has 2 aromatic rings. The number of piperazine rings is 1. The highest BCUT2D eigenvalue weighted by atomic mass is 16.6. The van der Waals surface area contributed by atoms with Gasteiger partial charge in [0.05, 0.1) is 18.0 Å². The van der Waals surface area contributed by atoms with Crippen molar-refractivity contribution in [2.45, 2.75) is 71.9 Å². The lowest BCUT2D eigenvalue weighted by Crippen LogP contribution is -2.50. The number of nitrogens with zero attached hydrogens (tertiary/aromatic N) is 5. The number of aldehydes is 1. The second-order valence-corrected chi connectivity index (χ2v) is 14.1. The van der Waals surface area contributed by atoms with Crippen LogP contribution in [-0.2, 0) is 35.1 Å². The van der Waals surface area contributed by atoms with Gasteiger partial charge in [0.1, 0.15) is 30.4 Å². The van der Waals surface area contributed by atoms with Crippen molar-refractivity contribution in [1.82, 2.24) is 20.5 Å². The molecule has 1 atom stereocenters. The van der Waals surface area contributed by atoms with E-state index in [1.807, 2.05) is 83.1 Å². The molecule has 2 heterocycles. The van der Waals surface area contributed by atoms with E-state index in [0.717, 1.165) is 36.2 Å². The smallest absolute Gasteiger partial charge is 0.410 e. The van der Waals surface area contributed by atoms with Crippen molar-refractivity contribution in [1.29, 1.82) is 0 Å². The first-order valence-corrected chi connectivity index (χ1v) is 19.2. The van der Waals surface area contributed by atoms with E-state index in [-0.39, 0.29) is 30.6 Å². The monoisotopic (exact) mass is 795 g/mol. The summed E-state index contributed by atoms with van der Waals surface area (Å²) in [6, 6.07) is 10.7. The van der Waals surface area contributed by atoms with E-state index in [2.05, 4.69) is 27.1 Å². The lowest BCUT2D eigenvalue weighted by molar-refractivity contribution is -0.123. The summed E-state index contributed by atoms with van der Waals surface area (Å²) in [6.07, 6.45) is 7.87. The number of ether oxygens (including phenoxy) is 3. The number of hydrogen-bond donors (Lipinski definition) is 2. The fourth-order valence-corrected chi connectivity index (χ4v) is 5.38. The molecule has 1 aliphatic rings. The van der Waals surface area contributed by atoms with Crippen LogP contribution in [0.15, 0.2) is 61.3 Å². The van der Waals surface area contributed by atoms with Crippen LogP contribution < -0.4 is 30.1 Å². The molecule has 1 unspecified atom stereocenters. The van der Waals surface area contributed by atoms with E-state index in [9.17, 15) is 24.0 Å². The van der Waals surface area contributed by atoms with E-state index >= 15 is 0 Å². The minimum absolute atomic E-state index is 0.0642. The summed E-state index contributed by atoms with van der Waals surface area (Å²) < 4.78 is 17.1. The minimum atomic E-state index is -0.790. The van der Waals surface area contributed by atoms with Crippen LogP contribution >= 0.6 is 0 Å². The Bertz CT molecular complexity index is 1570. The molecule has 1 saturated heterocycles. The molecule has 15 heteroatoms. The van der Waals surface area contributed by atoms with Crippen molar-refractivity contribution >= 4 is 47.7 Å². The van der Waals surface area contributed by atoms with E-state index in [1.54, 1.807) is 24.2 Å². The molecule has 0 spiro atoms. The van der Waals surface area contributed by atoms with Crippen LogP contribution in [0.4, 0.5) is 22.0 Å². The Morgan fingerprint density at radius 1 is 1.00 bits per heavy atom. The molecule has 0 saturated carbocycles. The van der Waals surface area contributed by atoms with Gasteiger partial charge in [-0.15, -0.1) is 6.58 Å². The predicted octanol–water partition coefficient (Wildman–Crippen LogP) is 4.79. The molecule has 1 aliphatic heterocycles. The average molecular weight is 796 g/mol. The number of allylic oxidation sites excluding steroid dienone is 2. The van der Waals surface area contributed by atoms with Gasteiger partial charge in [-0.25, -0.2) is 4.79 Å². The number of carbonyl (C=O) groups excluding carboxylic acids is 5. The zero-order chi connectivity index (χ0) is 42.8. The molecule has 1 fully saturated rings. The SMILES string of the molecule is C=CC.CN/C=C/C(C)=O.CNC(=O)C(CCC=O)N(C=O)c1ccc(CCCOCCOc2cccc(N3CCN(C(=O)OC(C)(C)C)CC3)n2)cc1N(C)C. The molecular formula is C42H65N7O8. The number of likely N-dealkylation sites (N-methyl/N-ethyl adjacent to an activating group) is 1. The number of pyridine rings is 1. The first kappa shape index (κ1) is 49.6. The summed E-state index contributed by atoms with van der Waals surface area (Å²) >= 11 is 0. The highest BCUT2D eigenvalue weighted by Crippen LogP contribution is 2.31. The summed E-state index contributed by atoms with van der Waals surface area (Å²) in [5, 5.41) is 5.29. The molecule has 57 heavy (non-hydrogen) atoms. The Morgan fingerprint density at radius 3 is 2.23 bits per heavy atom. The number of hydrogen-bond acceptors (Lipinski definition) is 12. The maximum atomic E-state index is 12.5. The van der Waals surface area contributed by atoms with Crippen molar-refractivity contribution in [2.75, 3.05) is 88.9 Å². The number of carbonyl (C=O) groups is 5. The molecule has 1 aromatic carbocycles. The van der Waals surface area contributed by atoms with Crippen LogP contribution in [0.3, 0.4) is 0 Å². The molecule has 0 radical (unpaired) electrons. The molecule has 0 aliphatic carbocycles. The van der Waals surface area contributed by atoms with Crippen molar-refractivity contribution in [2.24, 2.45) is 0 Å². The molecule has 3 amide bonds. The number of benzene rings is 1. The fraction of sp³-hybridized carbons (Fsp3) is 0.524. The number of nitrogens with one attached hydrogen (secondary N) is 2. The second kappa shape index (κ2) is 27.2. The first-order chi connectivity index (χ1) is 27.2. The van der Waals surface area contributed by atoms with Crippen LogP contribution in [-0.4, -0.2) is 126 Å². The largest absolute Gasteiger partial charge is 0.475 e. The van der Waals surface area contributed by atoms with Gasteiger partial charge in [0.25, 0.3) is 0 Å². The normalized spacial score (nSPS) is 12.8. The van der Waals surface area contributed by atoms with Crippen LogP contribution in [0.2, 0.25) is 0 Å². The third kappa shape index (κ3) is 19.3. The van der Waals surface area contributed by atoms with Crippen molar-refractivity contribution in [3.05, 3.63) is 66.9 Å². The molecule has 15 nitrogen and oxygen atoms in total. The summed E-state index contributed by atoms with van der Waals surface area (Å²) in [4.78, 5) is 69.8. The van der Waals surface area contributed by atoms with Gasteiger partial charge in [0.2, 0.25) is 18.2 Å². The quantitative estimate of drug-likeness (QED) is 0.0867. The topological polar surface area (TPSA) is 163 Å². The maximum absolute atomic E-state index is 12.5. The van der Waals surface area contributed by atoms with E-state index in [1.165, 1.54) is 24.9 Å². The molecule has 1 aromatic heterocycles. The van der Waals surface area contributed by atoms with Gasteiger partial charge < -0.3 is 49.2 Å². The van der Waals surface area contributed by atoms with E-state index in [0.29, 0.717) is 64.0 Å². The molecular weight excluding hydrogens is 731 g/mol.